The van der Waals surface area contributed by atoms with E-state index >= 15 is 0 Å². The van der Waals surface area contributed by atoms with Crippen LogP contribution in [0.3, 0.4) is 0 Å². The summed E-state index contributed by atoms with van der Waals surface area (Å²) in [6, 6.07) is 8.69. The van der Waals surface area contributed by atoms with Crippen molar-refractivity contribution in [3.8, 4) is 0 Å². The van der Waals surface area contributed by atoms with Crippen LogP contribution >= 0.6 is 35.0 Å². The molecule has 1 atom stereocenters. The van der Waals surface area contributed by atoms with Gasteiger partial charge in [0.1, 0.15) is 0 Å². The third-order valence-corrected chi connectivity index (χ3v) is 8.53. The predicted octanol–water partition coefficient (Wildman–Crippen LogP) is 6.07. The summed E-state index contributed by atoms with van der Waals surface area (Å²) < 4.78 is 42.6. The first-order valence-corrected chi connectivity index (χ1v) is 12.2. The lowest BCUT2D eigenvalue weighted by Crippen LogP contribution is -2.64. The maximum Gasteiger partial charge on any atom is 0.435 e. The number of amides is 1. The number of aryl methyl sites for hydroxylation is 1. The monoisotopic (exact) mass is 514 g/mol. The van der Waals surface area contributed by atoms with Crippen molar-refractivity contribution in [2.45, 2.75) is 25.1 Å². The zero-order valence-corrected chi connectivity index (χ0v) is 19.8. The van der Waals surface area contributed by atoms with Crippen LogP contribution in [0.5, 0.6) is 0 Å². The number of halogens is 5. The van der Waals surface area contributed by atoms with Crippen LogP contribution in [0.15, 0.2) is 41.6 Å². The summed E-state index contributed by atoms with van der Waals surface area (Å²) in [5.74, 6) is 2.13. The number of benzene rings is 2. The van der Waals surface area contributed by atoms with Crippen LogP contribution < -0.4 is 0 Å². The number of rotatable bonds is 3. The number of thioether (sulfide) groups is 1. The molecule has 3 heterocycles. The Hall–Kier alpha value is -1.90. The molecule has 3 aliphatic heterocycles. The molecule has 10 heteroatoms. The van der Waals surface area contributed by atoms with Crippen LogP contribution in [-0.4, -0.2) is 47.3 Å². The van der Waals surface area contributed by atoms with E-state index in [4.69, 9.17) is 28.0 Å². The summed E-state index contributed by atoms with van der Waals surface area (Å²) in [6.07, 6.45) is -5.29. The van der Waals surface area contributed by atoms with Crippen LogP contribution in [-0.2, 0) is 10.4 Å². The van der Waals surface area contributed by atoms with Gasteiger partial charge < -0.3 is 9.74 Å². The van der Waals surface area contributed by atoms with E-state index in [2.05, 4.69) is 5.16 Å². The quantitative estimate of drug-likeness (QED) is 0.498. The zero-order chi connectivity index (χ0) is 23.6. The van der Waals surface area contributed by atoms with Gasteiger partial charge in [-0.25, -0.2) is 0 Å². The molecule has 0 radical (unpaired) electrons. The van der Waals surface area contributed by atoms with Gasteiger partial charge in [-0.15, -0.1) is 0 Å². The van der Waals surface area contributed by atoms with Crippen molar-refractivity contribution in [1.29, 1.82) is 0 Å². The van der Waals surface area contributed by atoms with E-state index in [1.54, 1.807) is 25.1 Å². The van der Waals surface area contributed by atoms with E-state index < -0.39 is 18.2 Å². The minimum Gasteiger partial charge on any atom is -0.374 e. The molecule has 1 amide bonds. The van der Waals surface area contributed by atoms with Crippen molar-refractivity contribution in [2.75, 3.05) is 24.6 Å². The van der Waals surface area contributed by atoms with Gasteiger partial charge in [0.25, 0.3) is 11.5 Å². The van der Waals surface area contributed by atoms with Crippen molar-refractivity contribution >= 4 is 46.6 Å². The molecule has 2 fully saturated rings. The fourth-order valence-corrected chi connectivity index (χ4v) is 6.25. The minimum atomic E-state index is -4.76. The molecule has 174 valence electrons. The van der Waals surface area contributed by atoms with E-state index in [-0.39, 0.29) is 32.6 Å². The fraction of sp³-hybridized carbons (Fsp3) is 0.391. The van der Waals surface area contributed by atoms with E-state index in [1.165, 1.54) is 18.2 Å². The van der Waals surface area contributed by atoms with Crippen molar-refractivity contribution in [3.05, 3.63) is 68.7 Å². The zero-order valence-electron chi connectivity index (χ0n) is 17.5. The molecule has 33 heavy (non-hydrogen) atoms. The van der Waals surface area contributed by atoms with Crippen molar-refractivity contribution in [3.63, 3.8) is 0 Å². The molecular formula is C23H19Cl2F3N2O2S. The number of carbonyl (C=O) groups excluding carboxylic acids is 1. The number of hydrogen-bond donors (Lipinski definition) is 0. The molecular weight excluding hydrogens is 496 g/mol. The Labute approximate surface area is 203 Å². The van der Waals surface area contributed by atoms with Crippen LogP contribution in [0.2, 0.25) is 10.0 Å². The van der Waals surface area contributed by atoms with Gasteiger partial charge >= 0.3 is 6.18 Å². The standard InChI is InChI=1S/C23H19Cl2F3N2O2S/c1-13-4-14(2-3-18(13)20(31)30-9-21(10-30)11-33-12-21)19-8-22(32-29-19,23(26,27)28)15-5-16(24)7-17(25)6-15/h2-7H,8-12H2,1H3. The minimum absolute atomic E-state index is 0.0515. The molecule has 2 aromatic carbocycles. The number of oxime groups is 1. The Morgan fingerprint density at radius 3 is 2.33 bits per heavy atom. The summed E-state index contributed by atoms with van der Waals surface area (Å²) in [7, 11) is 0. The van der Waals surface area contributed by atoms with Crippen LogP contribution in [0.1, 0.15) is 33.5 Å². The number of carbonyl (C=O) groups is 1. The maximum atomic E-state index is 14.2. The Balaban J connectivity index is 1.39. The van der Waals surface area contributed by atoms with Gasteiger partial charge in [0, 0.05) is 57.6 Å². The highest BCUT2D eigenvalue weighted by atomic mass is 35.5. The molecule has 0 saturated carbocycles. The summed E-state index contributed by atoms with van der Waals surface area (Å²) in [6.45, 7) is 3.29. The maximum absolute atomic E-state index is 14.2. The first-order chi connectivity index (χ1) is 15.5. The second-order valence-electron chi connectivity index (χ2n) is 8.97. The highest BCUT2D eigenvalue weighted by Crippen LogP contribution is 2.50. The third kappa shape index (κ3) is 3.80. The van der Waals surface area contributed by atoms with Crippen LogP contribution in [0.25, 0.3) is 0 Å². The van der Waals surface area contributed by atoms with E-state index in [0.717, 1.165) is 24.6 Å². The normalized spacial score (nSPS) is 23.6. The van der Waals surface area contributed by atoms with Gasteiger partial charge in [-0.1, -0.05) is 34.4 Å². The lowest BCUT2D eigenvalue weighted by Gasteiger charge is -2.55. The summed E-state index contributed by atoms with van der Waals surface area (Å²) in [5, 5.41) is 3.94. The molecule has 0 N–H and O–H groups in total. The average molecular weight is 515 g/mol. The van der Waals surface area contributed by atoms with E-state index in [0.29, 0.717) is 16.7 Å². The van der Waals surface area contributed by atoms with Gasteiger partial charge in [-0.2, -0.15) is 24.9 Å². The summed E-state index contributed by atoms with van der Waals surface area (Å²) in [4.78, 5) is 19.8. The highest BCUT2D eigenvalue weighted by Gasteiger charge is 2.62. The molecule has 3 aliphatic rings. The topological polar surface area (TPSA) is 41.9 Å². The van der Waals surface area contributed by atoms with Crippen molar-refractivity contribution in [1.82, 2.24) is 4.90 Å². The SMILES string of the molecule is Cc1cc(C2=NOC(c3cc(Cl)cc(Cl)c3)(C(F)(F)F)C2)ccc1C(=O)N1CC2(CSC2)C1. The van der Waals surface area contributed by atoms with Gasteiger partial charge in [0.2, 0.25) is 0 Å². The summed E-state index contributed by atoms with van der Waals surface area (Å²) in [5.41, 5.74) is -0.780. The molecule has 0 bridgehead atoms. The largest absolute Gasteiger partial charge is 0.435 e. The van der Waals surface area contributed by atoms with Gasteiger partial charge in [0.05, 0.1) is 5.71 Å². The Kier molecular flexibility index (Phi) is 5.42. The number of hydrogen-bond acceptors (Lipinski definition) is 4. The van der Waals surface area contributed by atoms with Gasteiger partial charge in [-0.3, -0.25) is 4.79 Å². The molecule has 1 spiro atoms. The van der Waals surface area contributed by atoms with E-state index in [1.807, 2.05) is 16.7 Å². The molecule has 0 aromatic heterocycles. The predicted molar refractivity (Wildman–Crippen MR) is 123 cm³/mol. The first kappa shape index (κ1) is 22.9. The summed E-state index contributed by atoms with van der Waals surface area (Å²) >= 11 is 13.8. The third-order valence-electron chi connectivity index (χ3n) is 6.46. The first-order valence-electron chi connectivity index (χ1n) is 10.3. The number of alkyl halides is 3. The molecule has 1 unspecified atom stereocenters. The number of likely N-dealkylation sites (tertiary alicyclic amines) is 1. The smallest absolute Gasteiger partial charge is 0.374 e. The lowest BCUT2D eigenvalue weighted by molar-refractivity contribution is -0.275. The number of nitrogens with zero attached hydrogens (tertiary/aromatic N) is 2. The highest BCUT2D eigenvalue weighted by molar-refractivity contribution is 8.00. The molecule has 5 rings (SSSR count). The second kappa shape index (κ2) is 7.82. The molecule has 2 aromatic rings. The van der Waals surface area contributed by atoms with Crippen LogP contribution in [0.4, 0.5) is 13.2 Å². The molecule has 4 nitrogen and oxygen atoms in total. The Morgan fingerprint density at radius 2 is 1.79 bits per heavy atom. The Morgan fingerprint density at radius 1 is 1.12 bits per heavy atom. The Bertz CT molecular complexity index is 1150. The average Bonchev–Trinajstić information content (AvgIpc) is 3.11. The molecule has 0 aliphatic carbocycles. The van der Waals surface area contributed by atoms with Crippen LogP contribution in [0, 0.1) is 12.3 Å². The molecule has 2 saturated heterocycles. The lowest BCUT2D eigenvalue weighted by atomic mass is 9.82. The van der Waals surface area contributed by atoms with E-state index in [9.17, 15) is 18.0 Å². The van der Waals surface area contributed by atoms with Crippen molar-refractivity contribution in [2.24, 2.45) is 10.6 Å². The van der Waals surface area contributed by atoms with Gasteiger partial charge in [-0.05, 0) is 48.4 Å². The van der Waals surface area contributed by atoms with Gasteiger partial charge in [0.15, 0.2) is 0 Å². The van der Waals surface area contributed by atoms with Crippen molar-refractivity contribution < 1.29 is 22.8 Å². The fourth-order valence-electron chi connectivity index (χ4n) is 4.58. The second-order valence-corrected chi connectivity index (χ2v) is 10.8.